The molecule has 0 atom stereocenters. The van der Waals surface area contributed by atoms with E-state index >= 15 is 0 Å². The zero-order valence-corrected chi connectivity index (χ0v) is 18.1. The Kier molecular flexibility index (Phi) is 5.34. The first-order valence-electron chi connectivity index (χ1n) is 9.84. The molecule has 0 saturated carbocycles. The molecule has 1 fully saturated rings. The van der Waals surface area contributed by atoms with Gasteiger partial charge in [0.05, 0.1) is 5.75 Å². The Labute approximate surface area is 182 Å². The van der Waals surface area contributed by atoms with Crippen LogP contribution >= 0.6 is 23.1 Å². The fraction of sp³-hybridized carbons (Fsp3) is 0.400. The van der Waals surface area contributed by atoms with Crippen molar-refractivity contribution in [3.8, 4) is 11.5 Å². The number of fused-ring (bicyclic) bond motifs is 2. The number of nitrogens with one attached hydrogen (secondary N) is 1. The van der Waals surface area contributed by atoms with Crippen LogP contribution in [0, 0.1) is 5.92 Å². The number of hydrogen-bond donors (Lipinski definition) is 1. The van der Waals surface area contributed by atoms with Crippen LogP contribution in [0.1, 0.15) is 19.8 Å². The van der Waals surface area contributed by atoms with Gasteiger partial charge in [-0.15, -0.1) is 0 Å². The van der Waals surface area contributed by atoms with Crippen molar-refractivity contribution < 1.29 is 14.3 Å². The van der Waals surface area contributed by atoms with Crippen molar-refractivity contribution in [1.29, 1.82) is 0 Å². The fourth-order valence-electron chi connectivity index (χ4n) is 3.47. The lowest BCUT2D eigenvalue weighted by molar-refractivity contribution is -0.113. The molecule has 2 aliphatic heterocycles. The maximum Gasteiger partial charge on any atom is 0.234 e. The molecule has 0 aliphatic carbocycles. The Morgan fingerprint density at radius 1 is 1.27 bits per heavy atom. The highest BCUT2D eigenvalue weighted by Gasteiger charge is 2.21. The standard InChI is InChI=1S/C20H21N5O3S2/c1-12-4-6-25(7-5-12)20-24-18-17(30-20)19(22-10-21-18)29-9-16(26)23-13-2-3-14-15(8-13)28-11-27-14/h2-3,8,10,12H,4-7,9,11H2,1H3,(H,23,26). The third-order valence-electron chi connectivity index (χ3n) is 5.20. The van der Waals surface area contributed by atoms with E-state index in [0.29, 0.717) is 22.8 Å². The van der Waals surface area contributed by atoms with Gasteiger partial charge in [0.1, 0.15) is 16.1 Å². The average molecular weight is 444 g/mol. The number of amides is 1. The average Bonchev–Trinajstić information content (AvgIpc) is 3.39. The van der Waals surface area contributed by atoms with Crippen LogP contribution in [0.4, 0.5) is 10.8 Å². The van der Waals surface area contributed by atoms with Crippen LogP contribution in [0.3, 0.4) is 0 Å². The molecular formula is C20H21N5O3S2. The van der Waals surface area contributed by atoms with Gasteiger partial charge in [-0.3, -0.25) is 4.79 Å². The number of thioether (sulfide) groups is 1. The van der Waals surface area contributed by atoms with Crippen LogP contribution in [0.5, 0.6) is 11.5 Å². The Balaban J connectivity index is 1.25. The SMILES string of the molecule is CC1CCN(c2nc3ncnc(SCC(=O)Nc4ccc5c(c4)OCO5)c3s2)CC1. The molecule has 1 N–H and O–H groups in total. The summed E-state index contributed by atoms with van der Waals surface area (Å²) in [7, 11) is 0. The second kappa shape index (κ2) is 8.27. The van der Waals surface area contributed by atoms with E-state index in [-0.39, 0.29) is 18.5 Å². The molecule has 5 rings (SSSR count). The van der Waals surface area contributed by atoms with Crippen molar-refractivity contribution in [3.63, 3.8) is 0 Å². The summed E-state index contributed by atoms with van der Waals surface area (Å²) in [6, 6.07) is 5.36. The van der Waals surface area contributed by atoms with Crippen molar-refractivity contribution in [1.82, 2.24) is 15.0 Å². The van der Waals surface area contributed by atoms with E-state index in [1.807, 2.05) is 0 Å². The first-order chi connectivity index (χ1) is 14.7. The van der Waals surface area contributed by atoms with E-state index in [1.165, 1.54) is 30.9 Å². The molecule has 0 radical (unpaired) electrons. The molecule has 1 aromatic carbocycles. The van der Waals surface area contributed by atoms with Gasteiger partial charge in [0.2, 0.25) is 12.7 Å². The summed E-state index contributed by atoms with van der Waals surface area (Å²) < 4.78 is 11.6. The predicted molar refractivity (Wildman–Crippen MR) is 118 cm³/mol. The Morgan fingerprint density at radius 2 is 2.10 bits per heavy atom. The van der Waals surface area contributed by atoms with Gasteiger partial charge in [-0.25, -0.2) is 9.97 Å². The van der Waals surface area contributed by atoms with Gasteiger partial charge in [0, 0.05) is 24.8 Å². The second-order valence-electron chi connectivity index (χ2n) is 7.40. The van der Waals surface area contributed by atoms with Gasteiger partial charge in [0.15, 0.2) is 22.3 Å². The van der Waals surface area contributed by atoms with Crippen molar-refractivity contribution in [3.05, 3.63) is 24.5 Å². The van der Waals surface area contributed by atoms with Gasteiger partial charge in [0.25, 0.3) is 0 Å². The molecule has 2 aliphatic rings. The van der Waals surface area contributed by atoms with E-state index < -0.39 is 0 Å². The van der Waals surface area contributed by atoms with Gasteiger partial charge < -0.3 is 19.7 Å². The van der Waals surface area contributed by atoms with Crippen LogP contribution in [0.25, 0.3) is 10.3 Å². The monoisotopic (exact) mass is 443 g/mol. The minimum absolute atomic E-state index is 0.111. The topological polar surface area (TPSA) is 89.5 Å². The third kappa shape index (κ3) is 4.01. The van der Waals surface area contributed by atoms with E-state index in [0.717, 1.165) is 33.9 Å². The highest BCUT2D eigenvalue weighted by Crippen LogP contribution is 2.36. The molecule has 0 spiro atoms. The minimum Gasteiger partial charge on any atom is -0.454 e. The number of hydrogen-bond acceptors (Lipinski definition) is 9. The van der Waals surface area contributed by atoms with Crippen LogP contribution < -0.4 is 19.7 Å². The van der Waals surface area contributed by atoms with Crippen molar-refractivity contribution in [2.45, 2.75) is 24.8 Å². The number of thiazole rings is 1. The lowest BCUT2D eigenvalue weighted by Gasteiger charge is -2.29. The zero-order chi connectivity index (χ0) is 20.5. The zero-order valence-electron chi connectivity index (χ0n) is 16.5. The van der Waals surface area contributed by atoms with Crippen LogP contribution in [0.2, 0.25) is 0 Å². The summed E-state index contributed by atoms with van der Waals surface area (Å²) in [5.74, 6) is 2.23. The summed E-state index contributed by atoms with van der Waals surface area (Å²) in [5, 5.41) is 4.67. The molecular weight excluding hydrogens is 422 g/mol. The molecule has 4 heterocycles. The molecule has 8 nitrogen and oxygen atoms in total. The molecule has 0 bridgehead atoms. The Bertz CT molecular complexity index is 1080. The molecule has 2 aromatic heterocycles. The summed E-state index contributed by atoms with van der Waals surface area (Å²) in [6.45, 7) is 4.55. The Morgan fingerprint density at radius 3 is 2.97 bits per heavy atom. The number of anilines is 2. The van der Waals surface area contributed by atoms with E-state index in [9.17, 15) is 4.79 Å². The molecule has 30 heavy (non-hydrogen) atoms. The van der Waals surface area contributed by atoms with E-state index in [4.69, 9.17) is 14.5 Å². The van der Waals surface area contributed by atoms with Crippen LogP contribution in [-0.4, -0.2) is 46.5 Å². The number of nitrogens with zero attached hydrogens (tertiary/aromatic N) is 4. The van der Waals surface area contributed by atoms with Crippen LogP contribution in [0.15, 0.2) is 29.6 Å². The first-order valence-corrected chi connectivity index (χ1v) is 11.6. The lowest BCUT2D eigenvalue weighted by Crippen LogP contribution is -2.32. The summed E-state index contributed by atoms with van der Waals surface area (Å²) in [4.78, 5) is 28.2. The molecule has 1 saturated heterocycles. The smallest absolute Gasteiger partial charge is 0.234 e. The maximum atomic E-state index is 12.4. The number of piperidine rings is 1. The number of aromatic nitrogens is 3. The van der Waals surface area contributed by atoms with Crippen molar-refractivity contribution >= 4 is 50.2 Å². The summed E-state index contributed by atoms with van der Waals surface area (Å²) >= 11 is 3.00. The number of carbonyl (C=O) groups is 1. The fourth-order valence-corrected chi connectivity index (χ4v) is 5.41. The van der Waals surface area contributed by atoms with Crippen molar-refractivity contribution in [2.24, 2.45) is 5.92 Å². The number of carbonyl (C=O) groups excluding carboxylic acids is 1. The largest absolute Gasteiger partial charge is 0.454 e. The Hall–Kier alpha value is -2.59. The molecule has 0 unspecified atom stereocenters. The van der Waals surface area contributed by atoms with Gasteiger partial charge in [-0.1, -0.05) is 30.0 Å². The molecule has 10 heteroatoms. The summed E-state index contributed by atoms with van der Waals surface area (Å²) in [6.07, 6.45) is 3.88. The van der Waals surface area contributed by atoms with Crippen molar-refractivity contribution in [2.75, 3.05) is 35.9 Å². The van der Waals surface area contributed by atoms with E-state index in [1.54, 1.807) is 29.5 Å². The lowest BCUT2D eigenvalue weighted by atomic mass is 10.00. The molecule has 156 valence electrons. The quantitative estimate of drug-likeness (QED) is 0.471. The highest BCUT2D eigenvalue weighted by molar-refractivity contribution is 8.00. The first kappa shape index (κ1) is 19.4. The number of ether oxygens (including phenoxy) is 2. The predicted octanol–water partition coefficient (Wildman–Crippen LogP) is 3.78. The molecule has 1 amide bonds. The third-order valence-corrected chi connectivity index (χ3v) is 7.43. The number of benzene rings is 1. The normalized spacial score (nSPS) is 16.2. The van der Waals surface area contributed by atoms with Crippen LogP contribution in [-0.2, 0) is 4.79 Å². The highest BCUT2D eigenvalue weighted by atomic mass is 32.2. The van der Waals surface area contributed by atoms with Gasteiger partial charge in [-0.05, 0) is 30.9 Å². The van der Waals surface area contributed by atoms with E-state index in [2.05, 4.69) is 27.1 Å². The molecule has 3 aromatic rings. The maximum absolute atomic E-state index is 12.4. The summed E-state index contributed by atoms with van der Waals surface area (Å²) in [5.41, 5.74) is 1.37. The minimum atomic E-state index is -0.111. The second-order valence-corrected chi connectivity index (χ2v) is 9.34. The van der Waals surface area contributed by atoms with Gasteiger partial charge in [-0.2, -0.15) is 4.98 Å². The number of rotatable bonds is 5. The van der Waals surface area contributed by atoms with Gasteiger partial charge >= 0.3 is 0 Å².